The van der Waals surface area contributed by atoms with Crippen LogP contribution >= 0.6 is 0 Å². The monoisotopic (exact) mass is 273 g/mol. The molecule has 2 aromatic heterocycles. The zero-order chi connectivity index (χ0) is 14.3. The van der Waals surface area contributed by atoms with Crippen molar-refractivity contribution < 1.29 is 9.90 Å². The molecule has 5 heteroatoms. The van der Waals surface area contributed by atoms with Crippen molar-refractivity contribution in [2.24, 2.45) is 0 Å². The highest BCUT2D eigenvalue weighted by atomic mass is 16.3. The van der Waals surface area contributed by atoms with Gasteiger partial charge in [-0.3, -0.25) is 4.79 Å². The predicted molar refractivity (Wildman–Crippen MR) is 76.8 cm³/mol. The molecule has 0 unspecified atom stereocenters. The molecule has 1 amide bonds. The summed E-state index contributed by atoms with van der Waals surface area (Å²) < 4.78 is 1.93. The molecule has 0 radical (unpaired) electrons. The molecule has 0 saturated carbocycles. The van der Waals surface area contributed by atoms with E-state index in [0.29, 0.717) is 18.7 Å². The van der Waals surface area contributed by atoms with Crippen LogP contribution in [0.25, 0.3) is 5.52 Å². The Balaban J connectivity index is 1.82. The van der Waals surface area contributed by atoms with Gasteiger partial charge in [0.15, 0.2) is 0 Å². The van der Waals surface area contributed by atoms with Crippen LogP contribution in [0.5, 0.6) is 0 Å². The van der Waals surface area contributed by atoms with Gasteiger partial charge >= 0.3 is 0 Å². The molecule has 20 heavy (non-hydrogen) atoms. The van der Waals surface area contributed by atoms with Crippen molar-refractivity contribution in [1.82, 2.24) is 14.2 Å². The van der Waals surface area contributed by atoms with Crippen molar-refractivity contribution in [2.75, 3.05) is 27.2 Å². The third-order valence-corrected chi connectivity index (χ3v) is 3.96. The Morgan fingerprint density at radius 3 is 2.80 bits per heavy atom. The molecule has 1 N–H and O–H groups in total. The predicted octanol–water partition coefficient (Wildman–Crippen LogP) is 0.686. The van der Waals surface area contributed by atoms with E-state index in [-0.39, 0.29) is 11.9 Å². The Morgan fingerprint density at radius 2 is 2.15 bits per heavy atom. The summed E-state index contributed by atoms with van der Waals surface area (Å²) in [6.45, 7) is 0.965. The topological polar surface area (TPSA) is 48.2 Å². The first kappa shape index (κ1) is 13.1. The minimum Gasteiger partial charge on any atom is -0.390 e. The van der Waals surface area contributed by atoms with Gasteiger partial charge in [0.2, 0.25) is 0 Å². The molecule has 106 valence electrons. The molecule has 0 aliphatic carbocycles. The van der Waals surface area contributed by atoms with Gasteiger partial charge in [0.25, 0.3) is 5.91 Å². The van der Waals surface area contributed by atoms with E-state index in [4.69, 9.17) is 0 Å². The number of aliphatic hydroxyl groups is 1. The number of nitrogens with zero attached hydrogens (tertiary/aromatic N) is 3. The molecule has 0 spiro atoms. The maximum atomic E-state index is 12.5. The zero-order valence-corrected chi connectivity index (χ0v) is 11.7. The van der Waals surface area contributed by atoms with Gasteiger partial charge in [-0.15, -0.1) is 0 Å². The van der Waals surface area contributed by atoms with Crippen LogP contribution in [0.15, 0.2) is 36.7 Å². The summed E-state index contributed by atoms with van der Waals surface area (Å²) >= 11 is 0. The molecule has 1 saturated heterocycles. The summed E-state index contributed by atoms with van der Waals surface area (Å²) in [5.74, 6) is -0.0166. The maximum Gasteiger partial charge on any atom is 0.255 e. The standard InChI is InChI=1S/C15H19N3O2/c1-16(2)13-9-18(10-14(13)19)15(20)11-7-12-5-3-4-6-17(12)8-11/h3-8,13-14,19H,9-10H2,1-2H3/t13-,14-/m0/s1. The number of aromatic nitrogens is 1. The number of aliphatic hydroxyl groups excluding tert-OH is 1. The van der Waals surface area contributed by atoms with Crippen molar-refractivity contribution >= 4 is 11.4 Å². The second-order valence-corrected chi connectivity index (χ2v) is 5.57. The van der Waals surface area contributed by atoms with E-state index in [2.05, 4.69) is 0 Å². The molecule has 0 aromatic carbocycles. The first-order valence-electron chi connectivity index (χ1n) is 6.77. The van der Waals surface area contributed by atoms with E-state index in [1.807, 2.05) is 60.1 Å². The maximum absolute atomic E-state index is 12.5. The highest BCUT2D eigenvalue weighted by Gasteiger charge is 2.35. The van der Waals surface area contributed by atoms with Gasteiger partial charge < -0.3 is 19.3 Å². The number of rotatable bonds is 2. The van der Waals surface area contributed by atoms with Crippen LogP contribution in [0.3, 0.4) is 0 Å². The third-order valence-electron chi connectivity index (χ3n) is 3.96. The molecule has 3 rings (SSSR count). The Hall–Kier alpha value is -1.85. The Morgan fingerprint density at radius 1 is 1.35 bits per heavy atom. The van der Waals surface area contributed by atoms with E-state index >= 15 is 0 Å². The number of amides is 1. The van der Waals surface area contributed by atoms with Crippen LogP contribution in [0.2, 0.25) is 0 Å². The van der Waals surface area contributed by atoms with Crippen LogP contribution in [-0.4, -0.2) is 64.5 Å². The Bertz CT molecular complexity index is 602. The van der Waals surface area contributed by atoms with Crippen molar-refractivity contribution in [3.63, 3.8) is 0 Å². The van der Waals surface area contributed by atoms with Crippen LogP contribution in [0.1, 0.15) is 10.4 Å². The lowest BCUT2D eigenvalue weighted by atomic mass is 10.2. The lowest BCUT2D eigenvalue weighted by molar-refractivity contribution is 0.0764. The number of likely N-dealkylation sites (tertiary alicyclic amines) is 1. The summed E-state index contributed by atoms with van der Waals surface area (Å²) in [4.78, 5) is 16.2. The number of carbonyl (C=O) groups is 1. The Labute approximate surface area is 118 Å². The molecule has 1 fully saturated rings. The fraction of sp³-hybridized carbons (Fsp3) is 0.400. The van der Waals surface area contributed by atoms with Gasteiger partial charge in [0.05, 0.1) is 17.7 Å². The summed E-state index contributed by atoms with van der Waals surface area (Å²) in [5.41, 5.74) is 1.67. The fourth-order valence-corrected chi connectivity index (χ4v) is 2.80. The smallest absolute Gasteiger partial charge is 0.255 e. The molecule has 2 atom stereocenters. The number of likely N-dealkylation sites (N-methyl/N-ethyl adjacent to an activating group) is 1. The molecule has 0 bridgehead atoms. The summed E-state index contributed by atoms with van der Waals surface area (Å²) in [6.07, 6.45) is 3.28. The average molecular weight is 273 g/mol. The molecule has 2 aromatic rings. The molecule has 1 aliphatic rings. The minimum atomic E-state index is -0.481. The molecular formula is C15H19N3O2. The number of carbonyl (C=O) groups excluding carboxylic acids is 1. The third kappa shape index (κ3) is 2.19. The Kier molecular flexibility index (Phi) is 3.23. The SMILES string of the molecule is CN(C)[C@H]1CN(C(=O)c2cc3ccccn3c2)C[C@@H]1O. The average Bonchev–Trinajstić information content (AvgIpc) is 3.01. The van der Waals surface area contributed by atoms with Gasteiger partial charge in [0, 0.05) is 31.0 Å². The highest BCUT2D eigenvalue weighted by Crippen LogP contribution is 2.18. The van der Waals surface area contributed by atoms with Crippen molar-refractivity contribution in [3.05, 3.63) is 42.2 Å². The molecule has 1 aliphatic heterocycles. The van der Waals surface area contributed by atoms with Crippen molar-refractivity contribution in [3.8, 4) is 0 Å². The number of hydrogen-bond acceptors (Lipinski definition) is 3. The van der Waals surface area contributed by atoms with E-state index in [1.165, 1.54) is 0 Å². The van der Waals surface area contributed by atoms with E-state index in [1.54, 1.807) is 4.90 Å². The van der Waals surface area contributed by atoms with Gasteiger partial charge in [-0.05, 0) is 32.3 Å². The van der Waals surface area contributed by atoms with E-state index in [9.17, 15) is 9.90 Å². The lowest BCUT2D eigenvalue weighted by Gasteiger charge is -2.21. The summed E-state index contributed by atoms with van der Waals surface area (Å²) in [5, 5.41) is 10.0. The number of hydrogen-bond donors (Lipinski definition) is 1. The molecular weight excluding hydrogens is 254 g/mol. The fourth-order valence-electron chi connectivity index (χ4n) is 2.80. The van der Waals surface area contributed by atoms with E-state index < -0.39 is 6.10 Å². The van der Waals surface area contributed by atoms with Crippen LogP contribution in [0, 0.1) is 0 Å². The number of fused-ring (bicyclic) bond motifs is 1. The normalized spacial score (nSPS) is 22.9. The highest BCUT2D eigenvalue weighted by molar-refractivity contribution is 5.95. The number of pyridine rings is 1. The van der Waals surface area contributed by atoms with Gasteiger partial charge in [-0.2, -0.15) is 0 Å². The molecule has 5 nitrogen and oxygen atoms in total. The largest absolute Gasteiger partial charge is 0.390 e. The second-order valence-electron chi connectivity index (χ2n) is 5.57. The summed E-state index contributed by atoms with van der Waals surface area (Å²) in [7, 11) is 3.85. The van der Waals surface area contributed by atoms with Crippen molar-refractivity contribution in [1.29, 1.82) is 0 Å². The molecule has 3 heterocycles. The number of β-amino-alcohol motifs (C(OH)–C–C–N with tert-alkyl or cyclic N) is 1. The van der Waals surface area contributed by atoms with Gasteiger partial charge in [-0.25, -0.2) is 0 Å². The van der Waals surface area contributed by atoms with Crippen LogP contribution in [-0.2, 0) is 0 Å². The lowest BCUT2D eigenvalue weighted by Crippen LogP contribution is -2.38. The zero-order valence-electron chi connectivity index (χ0n) is 11.7. The van der Waals surface area contributed by atoms with Crippen LogP contribution < -0.4 is 0 Å². The van der Waals surface area contributed by atoms with E-state index in [0.717, 1.165) is 5.52 Å². The van der Waals surface area contributed by atoms with Crippen LogP contribution in [0.4, 0.5) is 0 Å². The summed E-state index contributed by atoms with van der Waals surface area (Å²) in [6, 6.07) is 7.75. The van der Waals surface area contributed by atoms with Gasteiger partial charge in [-0.1, -0.05) is 6.07 Å². The second kappa shape index (κ2) is 4.92. The first-order chi connectivity index (χ1) is 9.56. The van der Waals surface area contributed by atoms with Gasteiger partial charge in [0.1, 0.15) is 0 Å². The first-order valence-corrected chi connectivity index (χ1v) is 6.77. The quantitative estimate of drug-likeness (QED) is 0.875. The minimum absolute atomic E-state index is 0.0102. The van der Waals surface area contributed by atoms with Crippen molar-refractivity contribution in [2.45, 2.75) is 12.1 Å².